The number of anilines is 1. The maximum Gasteiger partial charge on any atom is 0.315 e. The second kappa shape index (κ2) is 9.82. The fraction of sp³-hybridized carbons (Fsp3) is 0.263. The molecule has 0 aromatic heterocycles. The van der Waals surface area contributed by atoms with Crippen LogP contribution in [0.25, 0.3) is 0 Å². The van der Waals surface area contributed by atoms with E-state index in [1.54, 1.807) is 19.2 Å². The number of carbonyl (C=O) groups excluding carboxylic acids is 2. The molecular weight excluding hydrogens is 414 g/mol. The molecule has 0 saturated carbocycles. The summed E-state index contributed by atoms with van der Waals surface area (Å²) in [5.41, 5.74) is 2.39. The Morgan fingerprint density at radius 1 is 1.07 bits per heavy atom. The number of hydrogen-bond acceptors (Lipinski definition) is 4. The van der Waals surface area contributed by atoms with Crippen molar-refractivity contribution in [2.24, 2.45) is 0 Å². The van der Waals surface area contributed by atoms with Crippen molar-refractivity contribution in [3.05, 3.63) is 52.0 Å². The molecule has 3 amide bonds. The molecule has 0 unspecified atom stereocenters. The zero-order valence-corrected chi connectivity index (χ0v) is 17.0. The van der Waals surface area contributed by atoms with Crippen LogP contribution < -0.4 is 25.4 Å². The lowest BCUT2D eigenvalue weighted by Gasteiger charge is -2.13. The topological polar surface area (TPSA) is 88.7 Å². The van der Waals surface area contributed by atoms with Crippen molar-refractivity contribution in [3.8, 4) is 11.5 Å². The summed E-state index contributed by atoms with van der Waals surface area (Å²) < 4.78 is 11.5. The summed E-state index contributed by atoms with van der Waals surface area (Å²) in [6.07, 6.45) is 0. The average Bonchev–Trinajstić information content (AvgIpc) is 2.66. The maximum absolute atomic E-state index is 12.0. The fourth-order valence-corrected chi connectivity index (χ4v) is 2.93. The van der Waals surface area contributed by atoms with E-state index in [9.17, 15) is 9.59 Å². The highest BCUT2D eigenvalue weighted by atomic mass is 79.9. The summed E-state index contributed by atoms with van der Waals surface area (Å²) in [4.78, 5) is 24.0. The lowest BCUT2D eigenvalue weighted by Crippen LogP contribution is -2.39. The lowest BCUT2D eigenvalue weighted by molar-refractivity contribution is -0.115. The highest BCUT2D eigenvalue weighted by Gasteiger charge is 2.11. The molecule has 0 atom stereocenters. The van der Waals surface area contributed by atoms with Crippen LogP contribution in [0.4, 0.5) is 10.5 Å². The minimum absolute atomic E-state index is 0.142. The van der Waals surface area contributed by atoms with Gasteiger partial charge in [-0.05, 0) is 36.8 Å². The standard InChI is InChI=1S/C19H22BrN3O4/c1-12-9-14(20)7-8-15(12)23-17(24)11-22-19(25)21-10-13-5-4-6-16(26-2)18(13)27-3/h4-9H,10-11H2,1-3H3,(H,23,24)(H2,21,22,25). The molecule has 2 aromatic carbocycles. The Labute approximate surface area is 166 Å². The van der Waals surface area contributed by atoms with E-state index in [1.165, 1.54) is 7.11 Å². The second-order valence-electron chi connectivity index (χ2n) is 5.70. The number of ether oxygens (including phenoxy) is 2. The van der Waals surface area contributed by atoms with E-state index >= 15 is 0 Å². The summed E-state index contributed by atoms with van der Waals surface area (Å²) in [5.74, 6) is 0.833. The molecule has 0 aliphatic rings. The van der Waals surface area contributed by atoms with Crippen LogP contribution in [0.1, 0.15) is 11.1 Å². The van der Waals surface area contributed by atoms with E-state index in [0.717, 1.165) is 15.6 Å². The average molecular weight is 436 g/mol. The van der Waals surface area contributed by atoms with Crippen LogP contribution >= 0.6 is 15.9 Å². The number of urea groups is 1. The summed E-state index contributed by atoms with van der Waals surface area (Å²) in [5, 5.41) is 7.98. The molecular formula is C19H22BrN3O4. The molecule has 0 heterocycles. The van der Waals surface area contributed by atoms with Gasteiger partial charge in [0.1, 0.15) is 0 Å². The molecule has 2 rings (SSSR count). The number of amides is 3. The van der Waals surface area contributed by atoms with Gasteiger partial charge in [0.25, 0.3) is 0 Å². The van der Waals surface area contributed by atoms with Gasteiger partial charge in [-0.2, -0.15) is 0 Å². The minimum Gasteiger partial charge on any atom is -0.493 e. The first-order valence-electron chi connectivity index (χ1n) is 8.22. The Balaban J connectivity index is 1.83. The molecule has 3 N–H and O–H groups in total. The van der Waals surface area contributed by atoms with Gasteiger partial charge in [-0.3, -0.25) is 4.79 Å². The van der Waals surface area contributed by atoms with Gasteiger partial charge in [-0.1, -0.05) is 28.1 Å². The van der Waals surface area contributed by atoms with E-state index in [1.807, 2.05) is 31.2 Å². The van der Waals surface area contributed by atoms with Crippen molar-refractivity contribution in [1.29, 1.82) is 0 Å². The first kappa shape index (κ1) is 20.6. The van der Waals surface area contributed by atoms with Crippen LogP contribution in [0.5, 0.6) is 11.5 Å². The van der Waals surface area contributed by atoms with Crippen LogP contribution in [-0.2, 0) is 11.3 Å². The quantitative estimate of drug-likeness (QED) is 0.622. The molecule has 0 bridgehead atoms. The third kappa shape index (κ3) is 5.89. The fourth-order valence-electron chi connectivity index (χ4n) is 2.45. The molecule has 0 radical (unpaired) electrons. The summed E-state index contributed by atoms with van der Waals surface area (Å²) in [6.45, 7) is 1.98. The number of para-hydroxylation sites is 1. The highest BCUT2D eigenvalue weighted by Crippen LogP contribution is 2.30. The van der Waals surface area contributed by atoms with Crippen LogP contribution in [0.2, 0.25) is 0 Å². The van der Waals surface area contributed by atoms with Gasteiger partial charge < -0.3 is 25.4 Å². The first-order chi connectivity index (χ1) is 12.9. The number of rotatable bonds is 7. The number of nitrogens with one attached hydrogen (secondary N) is 3. The summed E-state index contributed by atoms with van der Waals surface area (Å²) in [6, 6.07) is 10.5. The van der Waals surface area contributed by atoms with Crippen molar-refractivity contribution < 1.29 is 19.1 Å². The van der Waals surface area contributed by atoms with Crippen molar-refractivity contribution in [2.45, 2.75) is 13.5 Å². The molecule has 8 heteroatoms. The molecule has 2 aromatic rings. The highest BCUT2D eigenvalue weighted by molar-refractivity contribution is 9.10. The molecule has 27 heavy (non-hydrogen) atoms. The SMILES string of the molecule is COc1cccc(CNC(=O)NCC(=O)Nc2ccc(Br)cc2C)c1OC. The number of carbonyl (C=O) groups is 2. The van der Waals surface area contributed by atoms with Gasteiger partial charge in [0.2, 0.25) is 5.91 Å². The summed E-state index contributed by atoms with van der Waals surface area (Å²) in [7, 11) is 3.09. The number of benzene rings is 2. The Hall–Kier alpha value is -2.74. The van der Waals surface area contributed by atoms with Gasteiger partial charge in [0.15, 0.2) is 11.5 Å². The third-order valence-electron chi connectivity index (χ3n) is 3.80. The van der Waals surface area contributed by atoms with Gasteiger partial charge in [-0.25, -0.2) is 4.79 Å². The van der Waals surface area contributed by atoms with E-state index < -0.39 is 6.03 Å². The normalized spacial score (nSPS) is 10.1. The maximum atomic E-state index is 12.0. The van der Waals surface area contributed by atoms with E-state index in [-0.39, 0.29) is 19.0 Å². The Kier molecular flexibility index (Phi) is 7.48. The molecule has 0 saturated heterocycles. The van der Waals surface area contributed by atoms with E-state index in [2.05, 4.69) is 31.9 Å². The number of hydrogen-bond donors (Lipinski definition) is 3. The predicted octanol–water partition coefficient (Wildman–Crippen LogP) is 3.21. The second-order valence-corrected chi connectivity index (χ2v) is 6.61. The molecule has 0 aliphatic carbocycles. The molecule has 0 fully saturated rings. The van der Waals surface area contributed by atoms with E-state index in [4.69, 9.17) is 9.47 Å². The van der Waals surface area contributed by atoms with Gasteiger partial charge in [0.05, 0.1) is 20.8 Å². The van der Waals surface area contributed by atoms with Crippen molar-refractivity contribution >= 4 is 33.6 Å². The van der Waals surface area contributed by atoms with E-state index in [0.29, 0.717) is 17.2 Å². The predicted molar refractivity (Wildman–Crippen MR) is 107 cm³/mol. The first-order valence-corrected chi connectivity index (χ1v) is 9.01. The van der Waals surface area contributed by atoms with Crippen LogP contribution in [0.15, 0.2) is 40.9 Å². The molecule has 7 nitrogen and oxygen atoms in total. The van der Waals surface area contributed by atoms with Crippen molar-refractivity contribution in [1.82, 2.24) is 10.6 Å². The molecule has 144 valence electrons. The largest absolute Gasteiger partial charge is 0.493 e. The zero-order valence-electron chi connectivity index (χ0n) is 15.4. The number of methoxy groups -OCH3 is 2. The number of halogens is 1. The van der Waals surface area contributed by atoms with Crippen molar-refractivity contribution in [3.63, 3.8) is 0 Å². The third-order valence-corrected chi connectivity index (χ3v) is 4.29. The van der Waals surface area contributed by atoms with Crippen LogP contribution in [0, 0.1) is 6.92 Å². The van der Waals surface area contributed by atoms with Gasteiger partial charge in [0, 0.05) is 22.3 Å². The Bertz CT molecular complexity index is 827. The Morgan fingerprint density at radius 2 is 1.85 bits per heavy atom. The summed E-state index contributed by atoms with van der Waals surface area (Å²) >= 11 is 3.37. The molecule has 0 spiro atoms. The number of aryl methyl sites for hydroxylation is 1. The van der Waals surface area contributed by atoms with Crippen LogP contribution in [0.3, 0.4) is 0 Å². The monoisotopic (exact) mass is 435 g/mol. The Morgan fingerprint density at radius 3 is 2.52 bits per heavy atom. The van der Waals surface area contributed by atoms with Crippen LogP contribution in [-0.4, -0.2) is 32.7 Å². The van der Waals surface area contributed by atoms with Crippen molar-refractivity contribution in [2.75, 3.05) is 26.1 Å². The van der Waals surface area contributed by atoms with Gasteiger partial charge >= 0.3 is 6.03 Å². The molecule has 0 aliphatic heterocycles. The zero-order chi connectivity index (χ0) is 19.8. The van der Waals surface area contributed by atoms with Gasteiger partial charge in [-0.15, -0.1) is 0 Å². The lowest BCUT2D eigenvalue weighted by atomic mass is 10.2. The smallest absolute Gasteiger partial charge is 0.315 e. The minimum atomic E-state index is -0.456.